The highest BCUT2D eigenvalue weighted by molar-refractivity contribution is 7.91. The number of rotatable bonds is 6. The number of benzene rings is 1. The molecule has 1 N–H and O–H groups in total. The average Bonchev–Trinajstić information content (AvgIpc) is 2.94. The third-order valence-electron chi connectivity index (χ3n) is 2.63. The molecule has 0 aliphatic heterocycles. The molecule has 120 valence electrons. The summed E-state index contributed by atoms with van der Waals surface area (Å²) in [6.45, 7) is -0.265. The number of thiophene rings is 1. The van der Waals surface area contributed by atoms with Gasteiger partial charge in [-0.1, -0.05) is 16.5 Å². The molecular formula is C12H8ClN3O5S2. The highest BCUT2D eigenvalue weighted by Gasteiger charge is 2.17. The van der Waals surface area contributed by atoms with Gasteiger partial charge in [0.15, 0.2) is 0 Å². The number of sulfonamides is 1. The van der Waals surface area contributed by atoms with Gasteiger partial charge in [0.1, 0.15) is 4.21 Å². The van der Waals surface area contributed by atoms with E-state index in [-0.39, 0.29) is 22.1 Å². The van der Waals surface area contributed by atoms with Gasteiger partial charge >= 0.3 is 0 Å². The van der Waals surface area contributed by atoms with Gasteiger partial charge in [0.25, 0.3) is 15.7 Å². The molecule has 0 spiro atoms. The first-order valence-corrected chi connectivity index (χ1v) is 8.57. The number of halogens is 1. The van der Waals surface area contributed by atoms with Crippen LogP contribution in [0.15, 0.2) is 34.5 Å². The van der Waals surface area contributed by atoms with Crippen molar-refractivity contribution in [2.75, 3.05) is 0 Å². The number of non-ortho nitro benzene ring substituents is 1. The number of nitro benzene ring substituents is 1. The first-order chi connectivity index (χ1) is 10.8. The Bertz CT molecular complexity index is 888. The van der Waals surface area contributed by atoms with Crippen LogP contribution in [0, 0.1) is 21.4 Å². The van der Waals surface area contributed by atoms with E-state index in [0.717, 1.165) is 17.4 Å². The summed E-state index contributed by atoms with van der Waals surface area (Å²) in [7, 11) is -3.88. The Morgan fingerprint density at radius 3 is 2.70 bits per heavy atom. The second-order valence-electron chi connectivity index (χ2n) is 4.14. The molecule has 8 nitrogen and oxygen atoms in total. The molecule has 0 radical (unpaired) electrons. The first kappa shape index (κ1) is 17.3. The zero-order chi connectivity index (χ0) is 17.0. The number of nitriles is 1. The van der Waals surface area contributed by atoms with E-state index >= 15 is 0 Å². The Morgan fingerprint density at radius 2 is 2.13 bits per heavy atom. The van der Waals surface area contributed by atoms with Crippen molar-refractivity contribution < 1.29 is 18.2 Å². The van der Waals surface area contributed by atoms with Crippen LogP contribution in [0.2, 0.25) is 4.34 Å². The molecule has 2 rings (SSSR count). The van der Waals surface area contributed by atoms with Crippen molar-refractivity contribution in [1.82, 2.24) is 4.89 Å². The van der Waals surface area contributed by atoms with E-state index in [1.165, 1.54) is 24.3 Å². The van der Waals surface area contributed by atoms with Crippen molar-refractivity contribution in [3.63, 3.8) is 0 Å². The lowest BCUT2D eigenvalue weighted by atomic mass is 10.1. The average molecular weight is 374 g/mol. The van der Waals surface area contributed by atoms with E-state index in [2.05, 4.69) is 0 Å². The second kappa shape index (κ2) is 7.03. The molecule has 0 saturated carbocycles. The van der Waals surface area contributed by atoms with Gasteiger partial charge < -0.3 is 0 Å². The van der Waals surface area contributed by atoms with Crippen molar-refractivity contribution >= 4 is 38.6 Å². The van der Waals surface area contributed by atoms with Crippen LogP contribution in [0.1, 0.15) is 11.1 Å². The minimum Gasteiger partial charge on any atom is -0.282 e. The Kier molecular flexibility index (Phi) is 5.30. The van der Waals surface area contributed by atoms with Gasteiger partial charge in [0.05, 0.1) is 27.5 Å². The van der Waals surface area contributed by atoms with Gasteiger partial charge in [-0.05, 0) is 23.8 Å². The van der Waals surface area contributed by atoms with Crippen LogP contribution < -0.4 is 4.89 Å². The summed E-state index contributed by atoms with van der Waals surface area (Å²) in [4.78, 5) is 16.8. The molecular weight excluding hydrogens is 366 g/mol. The van der Waals surface area contributed by atoms with Gasteiger partial charge in [0, 0.05) is 12.1 Å². The Morgan fingerprint density at radius 1 is 1.39 bits per heavy atom. The molecule has 0 bridgehead atoms. The lowest BCUT2D eigenvalue weighted by Crippen LogP contribution is -2.23. The summed E-state index contributed by atoms with van der Waals surface area (Å²) in [6, 6.07) is 8.17. The summed E-state index contributed by atoms with van der Waals surface area (Å²) in [6.07, 6.45) is 0. The smallest absolute Gasteiger partial charge is 0.271 e. The Labute approximate surface area is 140 Å². The summed E-state index contributed by atoms with van der Waals surface area (Å²) >= 11 is 6.53. The quantitative estimate of drug-likeness (QED) is 0.613. The molecule has 11 heteroatoms. The monoisotopic (exact) mass is 373 g/mol. The van der Waals surface area contributed by atoms with E-state index in [9.17, 15) is 18.5 Å². The SMILES string of the molecule is N#Cc1cc([N+](=O)[O-])ccc1CONS(=O)(=O)c1ccc(Cl)s1. The molecule has 0 aliphatic carbocycles. The van der Waals surface area contributed by atoms with Crippen molar-refractivity contribution in [3.8, 4) is 6.07 Å². The maximum Gasteiger partial charge on any atom is 0.271 e. The molecule has 0 saturated heterocycles. The molecule has 0 unspecified atom stereocenters. The van der Waals surface area contributed by atoms with Crippen LogP contribution in [-0.2, 0) is 21.5 Å². The normalized spacial score (nSPS) is 11.1. The standard InChI is InChI=1S/C12H8ClN3O5S2/c13-11-3-4-12(22-11)23(19,20)15-21-7-8-1-2-10(16(17)18)5-9(8)6-14/h1-5,15H,7H2. The molecule has 1 heterocycles. The third-order valence-corrected chi connectivity index (χ3v) is 5.57. The molecule has 1 aromatic carbocycles. The van der Waals surface area contributed by atoms with Gasteiger partial charge in [-0.15, -0.1) is 11.3 Å². The lowest BCUT2D eigenvalue weighted by molar-refractivity contribution is -0.384. The fourth-order valence-electron chi connectivity index (χ4n) is 1.58. The molecule has 0 aliphatic rings. The van der Waals surface area contributed by atoms with Crippen LogP contribution in [-0.4, -0.2) is 13.3 Å². The van der Waals surface area contributed by atoms with Crippen molar-refractivity contribution in [2.45, 2.75) is 10.8 Å². The summed E-state index contributed by atoms with van der Waals surface area (Å²) in [5.74, 6) is 0. The maximum absolute atomic E-state index is 11.9. The van der Waals surface area contributed by atoms with Crippen molar-refractivity contribution in [1.29, 1.82) is 5.26 Å². The zero-order valence-corrected chi connectivity index (χ0v) is 13.6. The second-order valence-corrected chi connectivity index (χ2v) is 7.73. The van der Waals surface area contributed by atoms with E-state index < -0.39 is 14.9 Å². The topological polar surface area (TPSA) is 122 Å². The van der Waals surface area contributed by atoms with Crippen LogP contribution in [0.5, 0.6) is 0 Å². The van der Waals surface area contributed by atoms with Crippen molar-refractivity contribution in [3.05, 3.63) is 55.9 Å². The zero-order valence-electron chi connectivity index (χ0n) is 11.2. The van der Waals surface area contributed by atoms with Gasteiger partial charge in [-0.25, -0.2) is 8.42 Å². The van der Waals surface area contributed by atoms with E-state index in [1.54, 1.807) is 6.07 Å². The number of nitro groups is 1. The molecule has 2 aromatic rings. The third kappa shape index (κ3) is 4.25. The molecule has 23 heavy (non-hydrogen) atoms. The lowest BCUT2D eigenvalue weighted by Gasteiger charge is -2.07. The fraction of sp³-hybridized carbons (Fsp3) is 0.0833. The molecule has 1 aromatic heterocycles. The number of hydrogen-bond donors (Lipinski definition) is 1. The van der Waals surface area contributed by atoms with Gasteiger partial charge in [0.2, 0.25) is 0 Å². The maximum atomic E-state index is 11.9. The predicted octanol–water partition coefficient (Wildman–Crippen LogP) is 2.59. The summed E-state index contributed by atoms with van der Waals surface area (Å²) in [5, 5.41) is 19.6. The largest absolute Gasteiger partial charge is 0.282 e. The van der Waals surface area contributed by atoms with E-state index in [4.69, 9.17) is 21.7 Å². The van der Waals surface area contributed by atoms with Gasteiger partial charge in [-0.2, -0.15) is 5.26 Å². The minimum atomic E-state index is -3.88. The van der Waals surface area contributed by atoms with E-state index in [1.807, 2.05) is 4.89 Å². The number of nitrogens with zero attached hydrogens (tertiary/aromatic N) is 2. The van der Waals surface area contributed by atoms with Crippen molar-refractivity contribution in [2.24, 2.45) is 0 Å². The van der Waals surface area contributed by atoms with Crippen LogP contribution in [0.25, 0.3) is 0 Å². The fourth-order valence-corrected chi connectivity index (χ4v) is 3.84. The van der Waals surface area contributed by atoms with Crippen LogP contribution >= 0.6 is 22.9 Å². The number of hydrogen-bond acceptors (Lipinski definition) is 7. The van der Waals surface area contributed by atoms with E-state index in [0.29, 0.717) is 9.90 Å². The first-order valence-electron chi connectivity index (χ1n) is 5.90. The van der Waals surface area contributed by atoms with Gasteiger partial charge in [-0.3, -0.25) is 15.0 Å². The summed E-state index contributed by atoms with van der Waals surface area (Å²) < 4.78 is 24.1. The number of nitrogens with one attached hydrogen (secondary N) is 1. The molecule has 0 atom stereocenters. The Hall–Kier alpha value is -2.03. The predicted molar refractivity (Wildman–Crippen MR) is 82.3 cm³/mol. The summed E-state index contributed by atoms with van der Waals surface area (Å²) in [5.41, 5.74) is 0.0988. The highest BCUT2D eigenvalue weighted by Crippen LogP contribution is 2.25. The van der Waals surface area contributed by atoms with Crippen LogP contribution in [0.3, 0.4) is 0 Å². The highest BCUT2D eigenvalue weighted by atomic mass is 35.5. The van der Waals surface area contributed by atoms with Crippen LogP contribution in [0.4, 0.5) is 5.69 Å². The minimum absolute atomic E-state index is 0.0216. The molecule has 0 amide bonds. The molecule has 0 fully saturated rings. The Balaban J connectivity index is 2.07.